The molecule has 0 unspecified atom stereocenters. The highest BCUT2D eigenvalue weighted by Gasteiger charge is 2.34. The second kappa shape index (κ2) is 6.22. The average molecular weight is 338 g/mol. The van der Waals surface area contributed by atoms with E-state index in [2.05, 4.69) is 21.2 Å². The molecule has 1 aliphatic carbocycles. The maximum Gasteiger partial charge on any atom is 0.307 e. The zero-order valence-corrected chi connectivity index (χ0v) is 12.7. The number of amides is 1. The van der Waals surface area contributed by atoms with E-state index < -0.39 is 17.8 Å². The van der Waals surface area contributed by atoms with E-state index in [1.807, 2.05) is 31.2 Å². The quantitative estimate of drug-likeness (QED) is 0.831. The van der Waals surface area contributed by atoms with Crippen molar-refractivity contribution in [3.05, 3.63) is 40.4 Å². The maximum atomic E-state index is 12.3. The number of aliphatic carboxylic acids is 1. The monoisotopic (exact) mass is 337 g/mol. The van der Waals surface area contributed by atoms with Crippen LogP contribution in [0.25, 0.3) is 0 Å². The van der Waals surface area contributed by atoms with Gasteiger partial charge in [0.25, 0.3) is 0 Å². The van der Waals surface area contributed by atoms with E-state index in [1.54, 1.807) is 6.07 Å². The molecule has 20 heavy (non-hydrogen) atoms. The van der Waals surface area contributed by atoms with E-state index in [0.29, 0.717) is 18.5 Å². The molecule has 4 nitrogen and oxygen atoms in total. The molecule has 5 heteroatoms. The number of rotatable bonds is 3. The minimum absolute atomic E-state index is 0.243. The van der Waals surface area contributed by atoms with Crippen LogP contribution in [0.3, 0.4) is 0 Å². The zero-order chi connectivity index (χ0) is 14.7. The van der Waals surface area contributed by atoms with Gasteiger partial charge in [0.15, 0.2) is 0 Å². The molecule has 106 valence electrons. The minimum atomic E-state index is -0.919. The first-order valence-corrected chi connectivity index (χ1v) is 7.23. The third kappa shape index (κ3) is 3.10. The predicted molar refractivity (Wildman–Crippen MR) is 80.5 cm³/mol. The molecule has 2 N–H and O–H groups in total. The second-order valence-electron chi connectivity index (χ2n) is 4.92. The van der Waals surface area contributed by atoms with Crippen molar-refractivity contribution < 1.29 is 14.7 Å². The maximum absolute atomic E-state index is 12.3. The molecule has 2 atom stereocenters. The lowest BCUT2D eigenvalue weighted by Gasteiger charge is -2.24. The van der Waals surface area contributed by atoms with Crippen molar-refractivity contribution in [2.75, 3.05) is 5.32 Å². The van der Waals surface area contributed by atoms with Crippen molar-refractivity contribution in [1.29, 1.82) is 0 Å². The first-order chi connectivity index (χ1) is 9.50. The SMILES string of the molecule is Cc1cccc(NC(=O)[C@@H]2CC=CC[C@@H]2C(=O)O)c1Br. The van der Waals surface area contributed by atoms with Crippen LogP contribution in [-0.4, -0.2) is 17.0 Å². The molecular weight excluding hydrogens is 322 g/mol. The largest absolute Gasteiger partial charge is 0.481 e. The van der Waals surface area contributed by atoms with Gasteiger partial charge >= 0.3 is 5.97 Å². The Labute approximate surface area is 126 Å². The summed E-state index contributed by atoms with van der Waals surface area (Å²) in [5, 5.41) is 12.0. The number of halogens is 1. The highest BCUT2D eigenvalue weighted by Crippen LogP contribution is 2.30. The fraction of sp³-hybridized carbons (Fsp3) is 0.333. The summed E-state index contributed by atoms with van der Waals surface area (Å²) >= 11 is 3.43. The number of carboxylic acid groups (broad SMARTS) is 1. The van der Waals surface area contributed by atoms with Crippen LogP contribution in [0.1, 0.15) is 18.4 Å². The van der Waals surface area contributed by atoms with Gasteiger partial charge in [0, 0.05) is 4.47 Å². The molecule has 0 fully saturated rings. The lowest BCUT2D eigenvalue weighted by atomic mass is 9.82. The van der Waals surface area contributed by atoms with Crippen LogP contribution in [0.2, 0.25) is 0 Å². The summed E-state index contributed by atoms with van der Waals surface area (Å²) in [5.74, 6) is -2.33. The van der Waals surface area contributed by atoms with Gasteiger partial charge in [-0.05, 0) is 47.3 Å². The second-order valence-corrected chi connectivity index (χ2v) is 5.71. The van der Waals surface area contributed by atoms with Crippen molar-refractivity contribution in [2.24, 2.45) is 11.8 Å². The van der Waals surface area contributed by atoms with Crippen molar-refractivity contribution >= 4 is 33.5 Å². The Bertz CT molecular complexity index is 568. The van der Waals surface area contributed by atoms with Gasteiger partial charge in [-0.2, -0.15) is 0 Å². The van der Waals surface area contributed by atoms with E-state index in [4.69, 9.17) is 0 Å². The Kier molecular flexibility index (Phi) is 4.60. The smallest absolute Gasteiger partial charge is 0.307 e. The summed E-state index contributed by atoms with van der Waals surface area (Å²) < 4.78 is 0.826. The summed E-state index contributed by atoms with van der Waals surface area (Å²) in [7, 11) is 0. The summed E-state index contributed by atoms with van der Waals surface area (Å²) in [5.41, 5.74) is 1.69. The number of nitrogens with one attached hydrogen (secondary N) is 1. The summed E-state index contributed by atoms with van der Waals surface area (Å²) in [6, 6.07) is 5.58. The molecule has 0 spiro atoms. The Morgan fingerprint density at radius 1 is 1.25 bits per heavy atom. The number of anilines is 1. The molecule has 1 aromatic rings. The standard InChI is InChI=1S/C15H16BrNO3/c1-9-5-4-8-12(13(9)16)17-14(18)10-6-2-3-7-11(10)15(19)20/h2-5,8,10-11H,6-7H2,1H3,(H,17,18)(H,19,20)/t10-,11+/m1/s1. The third-order valence-corrected chi connectivity index (χ3v) is 4.59. The van der Waals surface area contributed by atoms with Crippen LogP contribution in [0.4, 0.5) is 5.69 Å². The summed E-state index contributed by atoms with van der Waals surface area (Å²) in [6.45, 7) is 1.93. The fourth-order valence-electron chi connectivity index (χ4n) is 2.35. The number of hydrogen-bond acceptors (Lipinski definition) is 2. The minimum Gasteiger partial charge on any atom is -0.481 e. The molecule has 0 aromatic heterocycles. The molecule has 0 saturated carbocycles. The van der Waals surface area contributed by atoms with Gasteiger partial charge in [0.1, 0.15) is 0 Å². The number of benzene rings is 1. The first kappa shape index (κ1) is 14.8. The van der Waals surface area contributed by atoms with Crippen LogP contribution in [0, 0.1) is 18.8 Å². The van der Waals surface area contributed by atoms with E-state index in [-0.39, 0.29) is 5.91 Å². The van der Waals surface area contributed by atoms with Gasteiger partial charge in [-0.1, -0.05) is 24.3 Å². The van der Waals surface area contributed by atoms with Crippen LogP contribution >= 0.6 is 15.9 Å². The molecule has 0 heterocycles. The van der Waals surface area contributed by atoms with Gasteiger partial charge in [0.05, 0.1) is 17.5 Å². The van der Waals surface area contributed by atoms with Crippen LogP contribution in [-0.2, 0) is 9.59 Å². The molecule has 0 aliphatic heterocycles. The number of hydrogen-bond donors (Lipinski definition) is 2. The van der Waals surface area contributed by atoms with Crippen molar-refractivity contribution in [3.8, 4) is 0 Å². The highest BCUT2D eigenvalue weighted by atomic mass is 79.9. The highest BCUT2D eigenvalue weighted by molar-refractivity contribution is 9.10. The first-order valence-electron chi connectivity index (χ1n) is 6.44. The summed E-state index contributed by atoms with van der Waals surface area (Å²) in [4.78, 5) is 23.5. The van der Waals surface area contributed by atoms with Gasteiger partial charge < -0.3 is 10.4 Å². The lowest BCUT2D eigenvalue weighted by molar-refractivity contribution is -0.146. The third-order valence-electron chi connectivity index (χ3n) is 3.54. The van der Waals surface area contributed by atoms with Gasteiger partial charge in [0.2, 0.25) is 5.91 Å². The normalized spacial score (nSPS) is 21.5. The average Bonchev–Trinajstić information content (AvgIpc) is 2.43. The van der Waals surface area contributed by atoms with Crippen LogP contribution in [0.15, 0.2) is 34.8 Å². The number of allylic oxidation sites excluding steroid dienone is 2. The van der Waals surface area contributed by atoms with E-state index in [0.717, 1.165) is 10.0 Å². The number of carbonyl (C=O) groups is 2. The Morgan fingerprint density at radius 3 is 2.55 bits per heavy atom. The molecular formula is C15H16BrNO3. The van der Waals surface area contributed by atoms with Crippen molar-refractivity contribution in [3.63, 3.8) is 0 Å². The zero-order valence-electron chi connectivity index (χ0n) is 11.1. The topological polar surface area (TPSA) is 66.4 Å². The number of carbonyl (C=O) groups excluding carboxylic acids is 1. The van der Waals surface area contributed by atoms with Gasteiger partial charge in [-0.3, -0.25) is 9.59 Å². The van der Waals surface area contributed by atoms with E-state index in [9.17, 15) is 14.7 Å². The molecule has 0 radical (unpaired) electrons. The van der Waals surface area contributed by atoms with Gasteiger partial charge in [-0.25, -0.2) is 0 Å². The lowest BCUT2D eigenvalue weighted by Crippen LogP contribution is -2.34. The fourth-order valence-corrected chi connectivity index (χ4v) is 2.71. The van der Waals surface area contributed by atoms with Crippen molar-refractivity contribution in [1.82, 2.24) is 0 Å². The molecule has 1 aliphatic rings. The van der Waals surface area contributed by atoms with Crippen molar-refractivity contribution in [2.45, 2.75) is 19.8 Å². The Hall–Kier alpha value is -1.62. The Morgan fingerprint density at radius 2 is 1.90 bits per heavy atom. The molecule has 0 bridgehead atoms. The van der Waals surface area contributed by atoms with Crippen LogP contribution in [0.5, 0.6) is 0 Å². The molecule has 1 amide bonds. The summed E-state index contributed by atoms with van der Waals surface area (Å²) in [6.07, 6.45) is 4.56. The Balaban J connectivity index is 2.17. The van der Waals surface area contributed by atoms with Crippen LogP contribution < -0.4 is 5.32 Å². The van der Waals surface area contributed by atoms with E-state index >= 15 is 0 Å². The molecule has 2 rings (SSSR count). The molecule has 1 aromatic carbocycles. The van der Waals surface area contributed by atoms with E-state index in [1.165, 1.54) is 0 Å². The van der Waals surface area contributed by atoms with Gasteiger partial charge in [-0.15, -0.1) is 0 Å². The number of aryl methyl sites for hydroxylation is 1. The predicted octanol–water partition coefficient (Wildman–Crippen LogP) is 3.36. The molecule has 0 saturated heterocycles. The number of carboxylic acids is 1.